The number of nitrogens with zero attached hydrogens (tertiary/aromatic N) is 4. The van der Waals surface area contributed by atoms with E-state index in [2.05, 4.69) is 15.3 Å². The first-order valence-electron chi connectivity index (χ1n) is 8.66. The molecule has 0 unspecified atom stereocenters. The summed E-state index contributed by atoms with van der Waals surface area (Å²) in [7, 11) is 1.41. The second-order valence-corrected chi connectivity index (χ2v) is 6.29. The fourth-order valence-electron chi connectivity index (χ4n) is 3.05. The van der Waals surface area contributed by atoms with Crippen LogP contribution in [0.1, 0.15) is 11.4 Å². The molecule has 2 aromatic heterocycles. The van der Waals surface area contributed by atoms with Gasteiger partial charge < -0.3 is 4.74 Å². The van der Waals surface area contributed by atoms with Gasteiger partial charge in [-0.05, 0) is 30.7 Å². The second kappa shape index (κ2) is 7.15. The Balaban J connectivity index is 1.67. The van der Waals surface area contributed by atoms with Crippen LogP contribution < -0.4 is 10.4 Å². The molecule has 28 heavy (non-hydrogen) atoms. The molecule has 0 aliphatic rings. The van der Waals surface area contributed by atoms with Crippen LogP contribution in [-0.2, 0) is 6.54 Å². The number of hydrogen-bond acceptors (Lipinski definition) is 4. The zero-order valence-corrected chi connectivity index (χ0v) is 15.4. The summed E-state index contributed by atoms with van der Waals surface area (Å²) in [5.41, 5.74) is 2.58. The minimum Gasteiger partial charge on any atom is -0.494 e. The minimum atomic E-state index is -0.478. The molecule has 0 radical (unpaired) electrons. The summed E-state index contributed by atoms with van der Waals surface area (Å²) in [6, 6.07) is 12.3. The molecule has 0 saturated heterocycles. The molecule has 0 atom stereocenters. The fourth-order valence-corrected chi connectivity index (χ4v) is 3.05. The summed E-state index contributed by atoms with van der Waals surface area (Å²) in [4.78, 5) is 12.9. The smallest absolute Gasteiger partial charge is 0.351 e. The minimum absolute atomic E-state index is 0.0702. The molecule has 8 heteroatoms. The third-order valence-corrected chi connectivity index (χ3v) is 4.58. The van der Waals surface area contributed by atoms with Crippen molar-refractivity contribution in [2.24, 2.45) is 0 Å². The van der Waals surface area contributed by atoms with Crippen molar-refractivity contribution in [3.8, 4) is 22.6 Å². The average Bonchev–Trinajstić information content (AvgIpc) is 3.34. The molecule has 0 aliphatic carbocycles. The SMILES string of the molecule is COc1cccc(Cn2c(C)nn(-c3ccc(-c4cn[nH]c4)cc3)c2=O)c1F. The Morgan fingerprint density at radius 3 is 2.61 bits per heavy atom. The monoisotopic (exact) mass is 379 g/mol. The lowest BCUT2D eigenvalue weighted by molar-refractivity contribution is 0.383. The van der Waals surface area contributed by atoms with Gasteiger partial charge in [0.25, 0.3) is 0 Å². The van der Waals surface area contributed by atoms with Crippen LogP contribution in [0.4, 0.5) is 4.39 Å². The summed E-state index contributed by atoms with van der Waals surface area (Å²) in [6.45, 7) is 1.79. The lowest BCUT2D eigenvalue weighted by Gasteiger charge is -2.08. The zero-order valence-electron chi connectivity index (χ0n) is 15.4. The molecule has 0 spiro atoms. The molecule has 0 fully saturated rings. The van der Waals surface area contributed by atoms with Crippen LogP contribution in [-0.4, -0.2) is 31.7 Å². The molecular weight excluding hydrogens is 361 g/mol. The highest BCUT2D eigenvalue weighted by atomic mass is 19.1. The second-order valence-electron chi connectivity index (χ2n) is 6.29. The third-order valence-electron chi connectivity index (χ3n) is 4.58. The molecule has 7 nitrogen and oxygen atoms in total. The van der Waals surface area contributed by atoms with Gasteiger partial charge >= 0.3 is 5.69 Å². The van der Waals surface area contributed by atoms with Crippen molar-refractivity contribution in [3.05, 3.63) is 82.5 Å². The molecule has 0 aliphatic heterocycles. The number of aromatic nitrogens is 5. The number of methoxy groups -OCH3 is 1. The van der Waals surface area contributed by atoms with Crippen molar-refractivity contribution in [2.45, 2.75) is 13.5 Å². The highest BCUT2D eigenvalue weighted by molar-refractivity contribution is 5.62. The van der Waals surface area contributed by atoms with E-state index in [4.69, 9.17) is 4.74 Å². The Morgan fingerprint density at radius 2 is 1.93 bits per heavy atom. The van der Waals surface area contributed by atoms with Crippen LogP contribution in [0, 0.1) is 12.7 Å². The van der Waals surface area contributed by atoms with E-state index in [0.717, 1.165) is 11.1 Å². The van der Waals surface area contributed by atoms with E-state index < -0.39 is 5.82 Å². The molecule has 2 aromatic carbocycles. The van der Waals surface area contributed by atoms with E-state index in [1.807, 2.05) is 24.3 Å². The number of benzene rings is 2. The van der Waals surface area contributed by atoms with E-state index in [1.54, 1.807) is 37.5 Å². The van der Waals surface area contributed by atoms with Gasteiger partial charge in [0.05, 0.1) is 25.5 Å². The maximum atomic E-state index is 14.5. The quantitative estimate of drug-likeness (QED) is 0.578. The van der Waals surface area contributed by atoms with E-state index in [-0.39, 0.29) is 18.0 Å². The predicted molar refractivity (Wildman–Crippen MR) is 102 cm³/mol. The number of rotatable bonds is 5. The summed E-state index contributed by atoms with van der Waals surface area (Å²) in [5, 5.41) is 11.0. The summed E-state index contributed by atoms with van der Waals surface area (Å²) < 4.78 is 22.2. The Morgan fingerprint density at radius 1 is 1.14 bits per heavy atom. The normalized spacial score (nSPS) is 11.0. The van der Waals surface area contributed by atoms with E-state index in [1.165, 1.54) is 16.4 Å². The predicted octanol–water partition coefficient (Wildman–Crippen LogP) is 2.93. The topological polar surface area (TPSA) is 77.7 Å². The van der Waals surface area contributed by atoms with Crippen LogP contribution >= 0.6 is 0 Å². The maximum Gasteiger partial charge on any atom is 0.351 e. The number of aromatic amines is 1. The van der Waals surface area contributed by atoms with Gasteiger partial charge in [0.15, 0.2) is 11.6 Å². The Kier molecular flexibility index (Phi) is 4.52. The highest BCUT2D eigenvalue weighted by Crippen LogP contribution is 2.21. The van der Waals surface area contributed by atoms with Gasteiger partial charge in [-0.15, -0.1) is 0 Å². The number of halogens is 1. The lowest BCUT2D eigenvalue weighted by atomic mass is 10.1. The molecule has 4 rings (SSSR count). The first-order valence-corrected chi connectivity index (χ1v) is 8.66. The van der Waals surface area contributed by atoms with Crippen LogP contribution in [0.3, 0.4) is 0 Å². The maximum absolute atomic E-state index is 14.5. The number of H-pyrrole nitrogens is 1. The van der Waals surface area contributed by atoms with Crippen molar-refractivity contribution in [1.82, 2.24) is 24.5 Å². The molecule has 4 aromatic rings. The van der Waals surface area contributed by atoms with E-state index in [0.29, 0.717) is 17.1 Å². The van der Waals surface area contributed by atoms with Crippen molar-refractivity contribution in [1.29, 1.82) is 0 Å². The summed E-state index contributed by atoms with van der Waals surface area (Å²) >= 11 is 0. The van der Waals surface area contributed by atoms with Crippen LogP contribution in [0.15, 0.2) is 59.7 Å². The molecular formula is C20H18FN5O2. The number of aryl methyl sites for hydroxylation is 1. The third kappa shape index (κ3) is 3.09. The van der Waals surface area contributed by atoms with Crippen molar-refractivity contribution < 1.29 is 9.13 Å². The van der Waals surface area contributed by atoms with Gasteiger partial charge in [-0.3, -0.25) is 9.67 Å². The van der Waals surface area contributed by atoms with Crippen molar-refractivity contribution >= 4 is 0 Å². The highest BCUT2D eigenvalue weighted by Gasteiger charge is 2.15. The standard InChI is InChI=1S/C20H18FN5O2/c1-13-24-26(17-8-6-14(7-9-17)16-10-22-23-11-16)20(27)25(13)12-15-4-3-5-18(28-2)19(15)21/h3-11H,12H2,1-2H3,(H,22,23). The van der Waals surface area contributed by atoms with Gasteiger partial charge in [0.2, 0.25) is 0 Å². The summed E-state index contributed by atoms with van der Waals surface area (Å²) in [6.07, 6.45) is 3.52. The molecule has 2 heterocycles. The Bertz CT molecular complexity index is 1160. The first-order chi connectivity index (χ1) is 13.6. The van der Waals surface area contributed by atoms with Gasteiger partial charge in [0, 0.05) is 17.3 Å². The zero-order chi connectivity index (χ0) is 19.7. The average molecular weight is 379 g/mol. The van der Waals surface area contributed by atoms with Gasteiger partial charge in [-0.2, -0.15) is 14.9 Å². The Labute approximate surface area is 160 Å². The van der Waals surface area contributed by atoms with Crippen LogP contribution in [0.5, 0.6) is 5.75 Å². The van der Waals surface area contributed by atoms with Gasteiger partial charge in [0.1, 0.15) is 5.82 Å². The van der Waals surface area contributed by atoms with Gasteiger partial charge in [-0.25, -0.2) is 9.18 Å². The number of nitrogens with one attached hydrogen (secondary N) is 1. The summed E-state index contributed by atoms with van der Waals surface area (Å²) in [5.74, 6) is 0.157. The first kappa shape index (κ1) is 17.7. The molecule has 142 valence electrons. The fraction of sp³-hybridized carbons (Fsp3) is 0.150. The van der Waals surface area contributed by atoms with E-state index in [9.17, 15) is 9.18 Å². The number of hydrogen-bond donors (Lipinski definition) is 1. The van der Waals surface area contributed by atoms with Gasteiger partial charge in [-0.1, -0.05) is 24.3 Å². The molecule has 0 saturated carbocycles. The van der Waals surface area contributed by atoms with Crippen LogP contribution in [0.2, 0.25) is 0 Å². The molecule has 0 bridgehead atoms. The van der Waals surface area contributed by atoms with E-state index >= 15 is 0 Å². The molecule has 0 amide bonds. The van der Waals surface area contributed by atoms with Crippen molar-refractivity contribution in [2.75, 3.05) is 7.11 Å². The Hall–Kier alpha value is -3.68. The van der Waals surface area contributed by atoms with Crippen LogP contribution in [0.25, 0.3) is 16.8 Å². The molecule has 1 N–H and O–H groups in total. The number of ether oxygens (including phenoxy) is 1. The largest absolute Gasteiger partial charge is 0.494 e. The van der Waals surface area contributed by atoms with Crippen molar-refractivity contribution in [3.63, 3.8) is 0 Å². The lowest BCUT2D eigenvalue weighted by Crippen LogP contribution is -2.25.